The Morgan fingerprint density at radius 3 is 0.935 bits per heavy atom. The summed E-state index contributed by atoms with van der Waals surface area (Å²) < 4.78 is 0. The normalized spacial score (nSPS) is 11.8. The maximum absolute atomic E-state index is 12.1. The Labute approximate surface area is 291 Å². The van der Waals surface area contributed by atoms with Crippen molar-refractivity contribution < 1.29 is 4.79 Å². The third-order valence-corrected chi connectivity index (χ3v) is 9.68. The number of hydrogen-bond acceptors (Lipinski definition) is 1. The smallest absolute Gasteiger partial charge is 0.219 e. The second kappa shape index (κ2) is 42.0. The number of rotatable bonds is 39. The lowest BCUT2D eigenvalue weighted by atomic mass is 10.0. The summed E-state index contributed by atoms with van der Waals surface area (Å²) in [6, 6.07) is 0. The molecule has 0 saturated carbocycles. The zero-order chi connectivity index (χ0) is 33.3. The molecule has 0 atom stereocenters. The van der Waals surface area contributed by atoms with Gasteiger partial charge in [0.25, 0.3) is 0 Å². The number of hydrogen-bond donors (Lipinski definition) is 1. The Hall–Kier alpha value is -1.05. The van der Waals surface area contributed by atoms with Crippen molar-refractivity contribution in [3.8, 4) is 0 Å². The molecule has 0 rings (SSSR count). The first-order chi connectivity index (χ1) is 22.8. The van der Waals surface area contributed by atoms with Gasteiger partial charge in [-0.25, -0.2) is 0 Å². The lowest BCUT2D eigenvalue weighted by Gasteiger charge is -2.06. The molecule has 0 aromatic rings. The molecule has 0 aromatic carbocycles. The molecule has 0 spiro atoms. The van der Waals surface area contributed by atoms with Crippen molar-refractivity contribution in [2.24, 2.45) is 0 Å². The Kier molecular flexibility index (Phi) is 41.0. The summed E-state index contributed by atoms with van der Waals surface area (Å²) in [5.74, 6) is 0.273. The summed E-state index contributed by atoms with van der Waals surface area (Å²) in [5.41, 5.74) is 0. The van der Waals surface area contributed by atoms with Crippen LogP contribution in [0, 0.1) is 0 Å². The van der Waals surface area contributed by atoms with Gasteiger partial charge in [-0.05, 0) is 64.2 Å². The molecular formula is C44H85NO. The van der Waals surface area contributed by atoms with Gasteiger partial charge in [-0.2, -0.15) is 0 Å². The third-order valence-electron chi connectivity index (χ3n) is 9.68. The molecule has 0 saturated heterocycles. The van der Waals surface area contributed by atoms with Crippen molar-refractivity contribution in [3.63, 3.8) is 0 Å². The molecule has 2 nitrogen and oxygen atoms in total. The first-order valence-electron chi connectivity index (χ1n) is 21.4. The van der Waals surface area contributed by atoms with Gasteiger partial charge < -0.3 is 5.32 Å². The van der Waals surface area contributed by atoms with Crippen molar-refractivity contribution in [3.05, 3.63) is 24.3 Å². The first-order valence-corrected chi connectivity index (χ1v) is 21.4. The Balaban J connectivity index is 3.20. The molecule has 0 aliphatic carbocycles. The van der Waals surface area contributed by atoms with E-state index < -0.39 is 0 Å². The fourth-order valence-corrected chi connectivity index (χ4v) is 6.46. The highest BCUT2D eigenvalue weighted by atomic mass is 16.1. The van der Waals surface area contributed by atoms with Gasteiger partial charge >= 0.3 is 0 Å². The molecular weight excluding hydrogens is 558 g/mol. The van der Waals surface area contributed by atoms with Crippen molar-refractivity contribution in [2.45, 2.75) is 245 Å². The van der Waals surface area contributed by atoms with Crippen LogP contribution in [0.4, 0.5) is 0 Å². The minimum absolute atomic E-state index is 0.273. The molecule has 0 unspecified atom stereocenters. The fraction of sp³-hybridized carbons (Fsp3) is 0.886. The summed E-state index contributed by atoms with van der Waals surface area (Å²) >= 11 is 0. The van der Waals surface area contributed by atoms with E-state index in [2.05, 4.69) is 43.5 Å². The zero-order valence-corrected chi connectivity index (χ0v) is 31.9. The molecule has 0 aliphatic rings. The molecule has 0 aliphatic heterocycles. The molecule has 0 bridgehead atoms. The molecule has 0 aromatic heterocycles. The summed E-state index contributed by atoms with van der Waals surface area (Å²) in [7, 11) is 0. The molecule has 1 N–H and O–H groups in total. The number of carbonyl (C=O) groups excluding carboxylic acids is 1. The highest BCUT2D eigenvalue weighted by Gasteiger charge is 2.01. The minimum Gasteiger partial charge on any atom is -0.356 e. The van der Waals surface area contributed by atoms with Gasteiger partial charge in [0, 0.05) is 13.0 Å². The molecule has 0 radical (unpaired) electrons. The predicted octanol–water partition coefficient (Wildman–Crippen LogP) is 15.3. The summed E-state index contributed by atoms with van der Waals surface area (Å²) in [4.78, 5) is 12.1. The Bertz CT molecular complexity index is 623. The number of unbranched alkanes of at least 4 members (excludes halogenated alkanes) is 31. The van der Waals surface area contributed by atoms with Crippen LogP contribution in [0.25, 0.3) is 0 Å². The van der Waals surface area contributed by atoms with Crippen LogP contribution >= 0.6 is 0 Å². The number of amides is 1. The van der Waals surface area contributed by atoms with Crippen LogP contribution < -0.4 is 5.32 Å². The Morgan fingerprint density at radius 2 is 0.609 bits per heavy atom. The van der Waals surface area contributed by atoms with Crippen LogP contribution in [-0.2, 0) is 4.79 Å². The van der Waals surface area contributed by atoms with Crippen LogP contribution in [0.15, 0.2) is 24.3 Å². The monoisotopic (exact) mass is 644 g/mol. The molecule has 272 valence electrons. The summed E-state index contributed by atoms with van der Waals surface area (Å²) in [5, 5.41) is 3.15. The Morgan fingerprint density at radius 1 is 0.348 bits per heavy atom. The van der Waals surface area contributed by atoms with E-state index in [0.29, 0.717) is 0 Å². The van der Waals surface area contributed by atoms with Gasteiger partial charge in [0.2, 0.25) is 5.91 Å². The van der Waals surface area contributed by atoms with E-state index in [1.165, 1.54) is 212 Å². The van der Waals surface area contributed by atoms with Gasteiger partial charge in [0.05, 0.1) is 0 Å². The maximum Gasteiger partial charge on any atom is 0.219 e. The zero-order valence-electron chi connectivity index (χ0n) is 31.9. The van der Waals surface area contributed by atoms with E-state index >= 15 is 0 Å². The van der Waals surface area contributed by atoms with Crippen molar-refractivity contribution >= 4 is 5.91 Å². The van der Waals surface area contributed by atoms with Crippen LogP contribution in [0.5, 0.6) is 0 Å². The van der Waals surface area contributed by atoms with Gasteiger partial charge in [-0.15, -0.1) is 0 Å². The van der Waals surface area contributed by atoms with Gasteiger partial charge in [-0.1, -0.05) is 199 Å². The molecule has 0 heterocycles. The maximum atomic E-state index is 12.1. The average Bonchev–Trinajstić information content (AvgIpc) is 3.06. The first kappa shape index (κ1) is 45.0. The number of allylic oxidation sites excluding steroid dienone is 4. The van der Waals surface area contributed by atoms with Crippen LogP contribution in [-0.4, -0.2) is 12.5 Å². The van der Waals surface area contributed by atoms with Crippen LogP contribution in [0.3, 0.4) is 0 Å². The SMILES string of the molecule is CCCCCCCC/C=C\CCCCCCCCCCCCNC(=O)CCCCCCCCCCC/C=C\CCCCCCCC. The van der Waals surface area contributed by atoms with Crippen molar-refractivity contribution in [1.82, 2.24) is 5.32 Å². The number of nitrogens with one attached hydrogen (secondary N) is 1. The summed E-state index contributed by atoms with van der Waals surface area (Å²) in [6.45, 7) is 5.45. The second-order valence-corrected chi connectivity index (χ2v) is 14.5. The highest BCUT2D eigenvalue weighted by molar-refractivity contribution is 5.75. The second-order valence-electron chi connectivity index (χ2n) is 14.5. The highest BCUT2D eigenvalue weighted by Crippen LogP contribution is 2.14. The van der Waals surface area contributed by atoms with E-state index in [9.17, 15) is 4.79 Å². The van der Waals surface area contributed by atoms with E-state index in [0.717, 1.165) is 25.8 Å². The molecule has 0 fully saturated rings. The van der Waals surface area contributed by atoms with E-state index in [1.807, 2.05) is 0 Å². The van der Waals surface area contributed by atoms with Crippen LogP contribution in [0.2, 0.25) is 0 Å². The topological polar surface area (TPSA) is 29.1 Å². The molecule has 2 heteroatoms. The van der Waals surface area contributed by atoms with E-state index in [4.69, 9.17) is 0 Å². The predicted molar refractivity (Wildman–Crippen MR) is 209 cm³/mol. The van der Waals surface area contributed by atoms with Crippen molar-refractivity contribution in [1.29, 1.82) is 0 Å². The van der Waals surface area contributed by atoms with Crippen molar-refractivity contribution in [2.75, 3.05) is 6.54 Å². The standard InChI is InChI=1S/C44H85NO/c1-3-5-7-9-11-13-15-17-19-21-23-25-27-29-31-33-35-37-39-41-43-45-44(46)42-40-38-36-34-32-30-28-26-24-22-20-18-16-14-12-10-8-6-4-2/h17-20H,3-16,21-43H2,1-2H3,(H,45,46)/b19-17-,20-18-. The largest absolute Gasteiger partial charge is 0.356 e. The van der Waals surface area contributed by atoms with Gasteiger partial charge in [0.15, 0.2) is 0 Å². The van der Waals surface area contributed by atoms with Gasteiger partial charge in [-0.3, -0.25) is 4.79 Å². The quantitative estimate of drug-likeness (QED) is 0.0524. The lowest BCUT2D eigenvalue weighted by molar-refractivity contribution is -0.121. The molecule has 46 heavy (non-hydrogen) atoms. The molecule has 1 amide bonds. The van der Waals surface area contributed by atoms with Gasteiger partial charge in [0.1, 0.15) is 0 Å². The minimum atomic E-state index is 0.273. The fourth-order valence-electron chi connectivity index (χ4n) is 6.46. The lowest BCUT2D eigenvalue weighted by Crippen LogP contribution is -2.23. The van der Waals surface area contributed by atoms with E-state index in [1.54, 1.807) is 0 Å². The third kappa shape index (κ3) is 41.0. The van der Waals surface area contributed by atoms with Crippen LogP contribution in [0.1, 0.15) is 245 Å². The summed E-state index contributed by atoms with van der Waals surface area (Å²) in [6.07, 6.45) is 57.7. The van der Waals surface area contributed by atoms with E-state index in [-0.39, 0.29) is 5.91 Å². The average molecular weight is 644 g/mol. The number of carbonyl (C=O) groups is 1.